The lowest BCUT2D eigenvalue weighted by atomic mass is 9.78. The number of hydrogen-bond acceptors (Lipinski definition) is 5. The van der Waals surface area contributed by atoms with Crippen LogP contribution in [0.15, 0.2) is 28.5 Å². The molecule has 0 fully saturated rings. The Morgan fingerprint density at radius 2 is 1.70 bits per heavy atom. The summed E-state index contributed by atoms with van der Waals surface area (Å²) in [5.74, 6) is -1.54. The molecule has 0 unspecified atom stereocenters. The largest absolute Gasteiger partial charge is 0.478 e. The van der Waals surface area contributed by atoms with E-state index in [-0.39, 0.29) is 23.3 Å². The van der Waals surface area contributed by atoms with Gasteiger partial charge in [-0.25, -0.2) is 4.79 Å². The molecule has 0 aliphatic rings. The van der Waals surface area contributed by atoms with Gasteiger partial charge < -0.3 is 20.6 Å². The molecule has 0 spiro atoms. The van der Waals surface area contributed by atoms with Crippen LogP contribution in [0.2, 0.25) is 0 Å². The van der Waals surface area contributed by atoms with Gasteiger partial charge in [0.1, 0.15) is 6.04 Å². The smallest absolute Gasteiger partial charge is 0.331 e. The zero-order valence-corrected chi connectivity index (χ0v) is 22.5. The fraction of sp³-hybridized carbons (Fsp3) is 0.640. The SMILES string of the molecule is CN[C@@H](C(=O)N[C@H](C(=O)N(C)[C@H](C=C(C)C(=O)O)C(C)C)C(C)(C)C)C(C)(C)c1ccsc1. The molecule has 0 aliphatic carbocycles. The van der Waals surface area contributed by atoms with Crippen LogP contribution in [-0.2, 0) is 19.8 Å². The molecule has 2 amide bonds. The van der Waals surface area contributed by atoms with Crippen molar-refractivity contribution in [1.29, 1.82) is 0 Å². The van der Waals surface area contributed by atoms with Gasteiger partial charge in [-0.05, 0) is 47.7 Å². The Labute approximate surface area is 202 Å². The maximum absolute atomic E-state index is 13.6. The van der Waals surface area contributed by atoms with E-state index in [1.807, 2.05) is 65.3 Å². The lowest BCUT2D eigenvalue weighted by Gasteiger charge is -2.39. The molecular formula is C25H41N3O4S. The van der Waals surface area contributed by atoms with Crippen LogP contribution in [0.1, 0.15) is 61.0 Å². The predicted octanol–water partition coefficient (Wildman–Crippen LogP) is 3.66. The van der Waals surface area contributed by atoms with Crippen molar-refractivity contribution in [3.05, 3.63) is 34.0 Å². The van der Waals surface area contributed by atoms with Gasteiger partial charge in [0.05, 0.1) is 12.1 Å². The van der Waals surface area contributed by atoms with E-state index < -0.39 is 34.9 Å². The zero-order chi connectivity index (χ0) is 25.7. The van der Waals surface area contributed by atoms with E-state index in [9.17, 15) is 19.5 Å². The number of rotatable bonds is 10. The van der Waals surface area contributed by atoms with Gasteiger partial charge in [-0.2, -0.15) is 11.3 Å². The average Bonchev–Trinajstić information content (AvgIpc) is 3.23. The summed E-state index contributed by atoms with van der Waals surface area (Å²) in [5.41, 5.74) is 0.182. The first-order chi connectivity index (χ1) is 15.0. The molecule has 3 N–H and O–H groups in total. The molecule has 33 heavy (non-hydrogen) atoms. The number of thiophene rings is 1. The average molecular weight is 480 g/mol. The third-order valence-corrected chi connectivity index (χ3v) is 6.86. The summed E-state index contributed by atoms with van der Waals surface area (Å²) in [4.78, 5) is 40.0. The van der Waals surface area contributed by atoms with Crippen molar-refractivity contribution in [2.24, 2.45) is 11.3 Å². The van der Waals surface area contributed by atoms with Gasteiger partial charge in [-0.1, -0.05) is 54.5 Å². The van der Waals surface area contributed by atoms with Crippen LogP contribution >= 0.6 is 11.3 Å². The summed E-state index contributed by atoms with van der Waals surface area (Å²) >= 11 is 1.58. The first-order valence-corrected chi connectivity index (χ1v) is 12.2. The fourth-order valence-electron chi connectivity index (χ4n) is 3.92. The van der Waals surface area contributed by atoms with Crippen molar-refractivity contribution in [2.75, 3.05) is 14.1 Å². The molecule has 8 heteroatoms. The number of carbonyl (C=O) groups is 3. The molecule has 0 saturated heterocycles. The number of amides is 2. The molecule has 186 valence electrons. The van der Waals surface area contributed by atoms with Gasteiger partial charge in [0.25, 0.3) is 0 Å². The van der Waals surface area contributed by atoms with Gasteiger partial charge in [-0.3, -0.25) is 9.59 Å². The van der Waals surface area contributed by atoms with Crippen molar-refractivity contribution < 1.29 is 19.5 Å². The van der Waals surface area contributed by atoms with Crippen LogP contribution in [0, 0.1) is 11.3 Å². The van der Waals surface area contributed by atoms with E-state index in [1.165, 1.54) is 6.92 Å². The maximum atomic E-state index is 13.6. The van der Waals surface area contributed by atoms with Crippen molar-refractivity contribution >= 4 is 29.1 Å². The van der Waals surface area contributed by atoms with Crippen molar-refractivity contribution in [3.63, 3.8) is 0 Å². The number of nitrogens with zero attached hydrogens (tertiary/aromatic N) is 1. The van der Waals surface area contributed by atoms with Gasteiger partial charge in [0.2, 0.25) is 11.8 Å². The van der Waals surface area contributed by atoms with E-state index in [0.29, 0.717) is 0 Å². The normalized spacial score (nSPS) is 15.7. The van der Waals surface area contributed by atoms with Crippen molar-refractivity contribution in [3.8, 4) is 0 Å². The lowest BCUT2D eigenvalue weighted by molar-refractivity contribution is -0.141. The number of hydrogen-bond donors (Lipinski definition) is 3. The summed E-state index contributed by atoms with van der Waals surface area (Å²) in [6.45, 7) is 15.1. The Bertz CT molecular complexity index is 854. The molecule has 1 aromatic heterocycles. The van der Waals surface area contributed by atoms with Gasteiger partial charge in [-0.15, -0.1) is 0 Å². The van der Waals surface area contributed by atoms with E-state index in [1.54, 1.807) is 36.4 Å². The minimum Gasteiger partial charge on any atom is -0.478 e. The minimum atomic E-state index is -1.02. The Morgan fingerprint density at radius 1 is 1.12 bits per heavy atom. The van der Waals surface area contributed by atoms with Crippen LogP contribution in [0.4, 0.5) is 0 Å². The standard InChI is InChI=1S/C25H41N3O4S/c1-15(2)18(13-16(3)23(31)32)28(10)22(30)20(24(4,5)6)27-21(29)19(26-9)25(7,8)17-11-12-33-14-17/h11-15,18-20,26H,1-10H3,(H,27,29)(H,31,32)/t18-,19+,20-/m1/s1. The molecule has 3 atom stereocenters. The molecule has 1 aromatic rings. The van der Waals surface area contributed by atoms with Crippen LogP contribution in [0.5, 0.6) is 0 Å². The Hall–Kier alpha value is -2.19. The topological polar surface area (TPSA) is 98.7 Å². The van der Waals surface area contributed by atoms with Gasteiger partial charge >= 0.3 is 5.97 Å². The second kappa shape index (κ2) is 11.3. The fourth-order valence-corrected chi connectivity index (χ4v) is 4.75. The Morgan fingerprint density at radius 3 is 2.09 bits per heavy atom. The highest BCUT2D eigenvalue weighted by molar-refractivity contribution is 7.08. The third kappa shape index (κ3) is 7.14. The summed E-state index contributed by atoms with van der Waals surface area (Å²) in [6.07, 6.45) is 1.60. The molecule has 0 saturated carbocycles. The van der Waals surface area contributed by atoms with Crippen molar-refractivity contribution in [1.82, 2.24) is 15.5 Å². The highest BCUT2D eigenvalue weighted by Gasteiger charge is 2.41. The quantitative estimate of drug-likeness (QED) is 0.445. The molecule has 1 rings (SSSR count). The van der Waals surface area contributed by atoms with E-state index in [2.05, 4.69) is 10.6 Å². The monoisotopic (exact) mass is 479 g/mol. The maximum Gasteiger partial charge on any atom is 0.331 e. The van der Waals surface area contributed by atoms with E-state index in [4.69, 9.17) is 0 Å². The Kier molecular flexibility index (Phi) is 9.87. The first-order valence-electron chi connectivity index (χ1n) is 11.2. The van der Waals surface area contributed by atoms with Crippen molar-refractivity contribution in [2.45, 2.75) is 78.9 Å². The number of likely N-dealkylation sites (N-methyl/N-ethyl adjacent to an activating group) is 2. The number of carboxylic acid groups (broad SMARTS) is 1. The minimum absolute atomic E-state index is 0.00727. The second-order valence-electron chi connectivity index (χ2n) is 10.6. The number of carboxylic acids is 1. The highest BCUT2D eigenvalue weighted by Crippen LogP contribution is 2.30. The number of aliphatic carboxylic acids is 1. The highest BCUT2D eigenvalue weighted by atomic mass is 32.1. The molecule has 0 radical (unpaired) electrons. The summed E-state index contributed by atoms with van der Waals surface area (Å²) in [5, 5.41) is 19.4. The Balaban J connectivity index is 3.26. The van der Waals surface area contributed by atoms with Crippen LogP contribution < -0.4 is 10.6 Å². The number of nitrogens with one attached hydrogen (secondary N) is 2. The molecule has 1 heterocycles. The molecular weight excluding hydrogens is 438 g/mol. The first kappa shape index (κ1) is 28.8. The van der Waals surface area contributed by atoms with E-state index >= 15 is 0 Å². The van der Waals surface area contributed by atoms with Gasteiger partial charge in [0.15, 0.2) is 0 Å². The van der Waals surface area contributed by atoms with E-state index in [0.717, 1.165) is 5.56 Å². The zero-order valence-electron chi connectivity index (χ0n) is 21.6. The van der Waals surface area contributed by atoms with Crippen LogP contribution in [0.3, 0.4) is 0 Å². The molecule has 7 nitrogen and oxygen atoms in total. The summed E-state index contributed by atoms with van der Waals surface area (Å²) < 4.78 is 0. The number of carbonyl (C=O) groups excluding carboxylic acids is 2. The second-order valence-corrected chi connectivity index (χ2v) is 11.4. The third-order valence-electron chi connectivity index (χ3n) is 6.17. The van der Waals surface area contributed by atoms with Crippen LogP contribution in [0.25, 0.3) is 0 Å². The lowest BCUT2D eigenvalue weighted by Crippen LogP contribution is -2.61. The molecule has 0 bridgehead atoms. The summed E-state index contributed by atoms with van der Waals surface area (Å²) in [6, 6.07) is 0.249. The van der Waals surface area contributed by atoms with Crippen LogP contribution in [-0.4, -0.2) is 60.0 Å². The predicted molar refractivity (Wildman–Crippen MR) is 134 cm³/mol. The van der Waals surface area contributed by atoms with Gasteiger partial charge in [0, 0.05) is 18.0 Å². The summed E-state index contributed by atoms with van der Waals surface area (Å²) in [7, 11) is 3.40. The molecule has 0 aliphatic heterocycles. The molecule has 0 aromatic carbocycles.